The minimum Gasteiger partial charge on any atom is -0.383 e. The third-order valence-corrected chi connectivity index (χ3v) is 1.82. The summed E-state index contributed by atoms with van der Waals surface area (Å²) in [6.07, 6.45) is -2.31. The van der Waals surface area contributed by atoms with Crippen molar-refractivity contribution in [1.82, 2.24) is 4.90 Å². The molecule has 5 heteroatoms. The lowest BCUT2D eigenvalue weighted by Gasteiger charge is -2.27. The van der Waals surface area contributed by atoms with Crippen molar-refractivity contribution in [2.24, 2.45) is 5.73 Å². The van der Waals surface area contributed by atoms with E-state index < -0.39 is 6.43 Å². The summed E-state index contributed by atoms with van der Waals surface area (Å²) in [7, 11) is 1.56. The second kappa shape index (κ2) is 7.17. The van der Waals surface area contributed by atoms with E-state index in [0.29, 0.717) is 19.7 Å². The van der Waals surface area contributed by atoms with Gasteiger partial charge < -0.3 is 10.5 Å². The van der Waals surface area contributed by atoms with Crippen molar-refractivity contribution in [3.63, 3.8) is 0 Å². The molecule has 0 rings (SSSR count). The number of hydrogen-bond donors (Lipinski definition) is 1. The summed E-state index contributed by atoms with van der Waals surface area (Å²) in [5.74, 6) is 0. The van der Waals surface area contributed by atoms with E-state index in [1.807, 2.05) is 6.92 Å². The molecule has 0 fully saturated rings. The van der Waals surface area contributed by atoms with Gasteiger partial charge in [-0.2, -0.15) is 0 Å². The number of ether oxygens (including phenoxy) is 1. The van der Waals surface area contributed by atoms with Crippen LogP contribution in [0.1, 0.15) is 6.92 Å². The molecule has 80 valence electrons. The molecule has 0 bridgehead atoms. The lowest BCUT2D eigenvalue weighted by atomic mass is 10.3. The highest BCUT2D eigenvalue weighted by atomic mass is 19.3. The molecule has 1 atom stereocenters. The summed E-state index contributed by atoms with van der Waals surface area (Å²) in [6, 6.07) is -0.0115. The van der Waals surface area contributed by atoms with Crippen molar-refractivity contribution in [2.75, 3.05) is 33.4 Å². The zero-order valence-corrected chi connectivity index (χ0v) is 8.17. The molecule has 0 aliphatic carbocycles. The molecule has 13 heavy (non-hydrogen) atoms. The van der Waals surface area contributed by atoms with Crippen molar-refractivity contribution in [1.29, 1.82) is 0 Å². The first kappa shape index (κ1) is 12.7. The first-order valence-corrected chi connectivity index (χ1v) is 4.33. The van der Waals surface area contributed by atoms with Gasteiger partial charge in [-0.3, -0.25) is 4.90 Å². The Morgan fingerprint density at radius 2 is 2.08 bits per heavy atom. The van der Waals surface area contributed by atoms with Crippen molar-refractivity contribution < 1.29 is 13.5 Å². The number of rotatable bonds is 7. The summed E-state index contributed by atoms with van der Waals surface area (Å²) in [5, 5.41) is 0. The second-order valence-corrected chi connectivity index (χ2v) is 2.98. The Morgan fingerprint density at radius 3 is 2.46 bits per heavy atom. The van der Waals surface area contributed by atoms with Crippen molar-refractivity contribution in [3.05, 3.63) is 0 Å². The molecule has 2 N–H and O–H groups in total. The highest BCUT2D eigenvalue weighted by Gasteiger charge is 2.16. The van der Waals surface area contributed by atoms with Crippen LogP contribution in [0.25, 0.3) is 0 Å². The summed E-state index contributed by atoms with van der Waals surface area (Å²) in [5.41, 5.74) is 5.31. The molecule has 0 radical (unpaired) electrons. The molecule has 0 saturated carbocycles. The van der Waals surface area contributed by atoms with E-state index in [2.05, 4.69) is 0 Å². The van der Waals surface area contributed by atoms with Gasteiger partial charge in [0.25, 0.3) is 6.43 Å². The fourth-order valence-corrected chi connectivity index (χ4v) is 1.18. The van der Waals surface area contributed by atoms with Crippen LogP contribution in [0.2, 0.25) is 0 Å². The van der Waals surface area contributed by atoms with E-state index in [1.54, 1.807) is 12.0 Å². The Kier molecular flexibility index (Phi) is 7.03. The van der Waals surface area contributed by atoms with Gasteiger partial charge in [-0.15, -0.1) is 0 Å². The molecule has 0 aliphatic rings. The van der Waals surface area contributed by atoms with Gasteiger partial charge in [-0.1, -0.05) is 0 Å². The predicted octanol–water partition coefficient (Wildman–Crippen LogP) is 0.547. The Bertz CT molecular complexity index is 125. The number of nitrogens with zero attached hydrogens (tertiary/aromatic N) is 1. The Labute approximate surface area is 77.8 Å². The normalized spacial score (nSPS) is 14.1. The molecule has 1 unspecified atom stereocenters. The number of alkyl halides is 2. The van der Waals surface area contributed by atoms with Gasteiger partial charge >= 0.3 is 0 Å². The van der Waals surface area contributed by atoms with Crippen LogP contribution in [0.3, 0.4) is 0 Å². The minimum absolute atomic E-state index is 0.0115. The van der Waals surface area contributed by atoms with Gasteiger partial charge in [0, 0.05) is 26.2 Å². The van der Waals surface area contributed by atoms with Gasteiger partial charge in [0.05, 0.1) is 13.2 Å². The monoisotopic (exact) mass is 196 g/mol. The standard InChI is InChI=1S/C8H18F2N2O/c1-7(6-13-2)12(4-3-11)5-8(9)10/h7-8H,3-6,11H2,1-2H3. The number of nitrogens with two attached hydrogens (primary N) is 1. The summed E-state index contributed by atoms with van der Waals surface area (Å²) in [4.78, 5) is 1.63. The van der Waals surface area contributed by atoms with Gasteiger partial charge in [0.1, 0.15) is 0 Å². The van der Waals surface area contributed by atoms with E-state index >= 15 is 0 Å². The highest BCUT2D eigenvalue weighted by Crippen LogP contribution is 2.03. The van der Waals surface area contributed by atoms with E-state index in [4.69, 9.17) is 10.5 Å². The van der Waals surface area contributed by atoms with Crippen LogP contribution in [0, 0.1) is 0 Å². The lowest BCUT2D eigenvalue weighted by molar-refractivity contribution is 0.0431. The third-order valence-electron chi connectivity index (χ3n) is 1.82. The molecule has 0 aromatic carbocycles. The smallest absolute Gasteiger partial charge is 0.251 e. The van der Waals surface area contributed by atoms with Crippen LogP contribution in [0.5, 0.6) is 0 Å². The van der Waals surface area contributed by atoms with Crippen LogP contribution in [0.15, 0.2) is 0 Å². The molecule has 3 nitrogen and oxygen atoms in total. The van der Waals surface area contributed by atoms with E-state index in [1.165, 1.54) is 0 Å². The van der Waals surface area contributed by atoms with Crippen LogP contribution < -0.4 is 5.73 Å². The van der Waals surface area contributed by atoms with Crippen LogP contribution in [-0.2, 0) is 4.74 Å². The van der Waals surface area contributed by atoms with Crippen molar-refractivity contribution in [2.45, 2.75) is 19.4 Å². The maximum absolute atomic E-state index is 12.1. The third kappa shape index (κ3) is 5.90. The van der Waals surface area contributed by atoms with Gasteiger partial charge in [0.15, 0.2) is 0 Å². The average Bonchev–Trinajstić information content (AvgIpc) is 2.03. The SMILES string of the molecule is COCC(C)N(CCN)CC(F)F. The summed E-state index contributed by atoms with van der Waals surface area (Å²) >= 11 is 0. The maximum Gasteiger partial charge on any atom is 0.251 e. The predicted molar refractivity (Wildman–Crippen MR) is 48.0 cm³/mol. The van der Waals surface area contributed by atoms with E-state index in [-0.39, 0.29) is 12.6 Å². The lowest BCUT2D eigenvalue weighted by Crippen LogP contribution is -2.42. The summed E-state index contributed by atoms with van der Waals surface area (Å²) in [6.45, 7) is 2.94. The number of methoxy groups -OCH3 is 1. The molecule has 0 spiro atoms. The topological polar surface area (TPSA) is 38.5 Å². The first-order valence-electron chi connectivity index (χ1n) is 4.33. The number of hydrogen-bond acceptors (Lipinski definition) is 3. The average molecular weight is 196 g/mol. The molecular formula is C8H18F2N2O. The Morgan fingerprint density at radius 1 is 1.46 bits per heavy atom. The molecule has 0 heterocycles. The largest absolute Gasteiger partial charge is 0.383 e. The van der Waals surface area contributed by atoms with Crippen molar-refractivity contribution >= 4 is 0 Å². The number of halogens is 2. The fourth-order valence-electron chi connectivity index (χ4n) is 1.18. The fraction of sp³-hybridized carbons (Fsp3) is 1.00. The van der Waals surface area contributed by atoms with Crippen LogP contribution in [-0.4, -0.2) is 50.7 Å². The van der Waals surface area contributed by atoms with Crippen molar-refractivity contribution in [3.8, 4) is 0 Å². The molecule has 0 aliphatic heterocycles. The molecule has 0 saturated heterocycles. The molecule has 0 aromatic heterocycles. The second-order valence-electron chi connectivity index (χ2n) is 2.98. The molecule has 0 aromatic rings. The molecular weight excluding hydrogens is 178 g/mol. The zero-order chi connectivity index (χ0) is 10.3. The van der Waals surface area contributed by atoms with Crippen LogP contribution in [0.4, 0.5) is 8.78 Å². The first-order chi connectivity index (χ1) is 6.11. The Hall–Kier alpha value is -0.260. The maximum atomic E-state index is 12.1. The van der Waals surface area contributed by atoms with Gasteiger partial charge in [-0.05, 0) is 6.92 Å². The van der Waals surface area contributed by atoms with Crippen LogP contribution >= 0.6 is 0 Å². The van der Waals surface area contributed by atoms with E-state index in [0.717, 1.165) is 0 Å². The molecule has 0 amide bonds. The Balaban J connectivity index is 3.90. The quantitative estimate of drug-likeness (QED) is 0.646. The van der Waals surface area contributed by atoms with Gasteiger partial charge in [0.2, 0.25) is 0 Å². The highest BCUT2D eigenvalue weighted by molar-refractivity contribution is 4.67. The summed E-state index contributed by atoms with van der Waals surface area (Å²) < 4.78 is 29.1. The zero-order valence-electron chi connectivity index (χ0n) is 8.17. The van der Waals surface area contributed by atoms with E-state index in [9.17, 15) is 8.78 Å². The minimum atomic E-state index is -2.31. The van der Waals surface area contributed by atoms with Gasteiger partial charge in [-0.25, -0.2) is 8.78 Å².